The second-order valence-electron chi connectivity index (χ2n) is 8.77. The van der Waals surface area contributed by atoms with Gasteiger partial charge in [0.25, 0.3) is 11.6 Å². The van der Waals surface area contributed by atoms with Gasteiger partial charge in [0.1, 0.15) is 10.6 Å². The van der Waals surface area contributed by atoms with Crippen LogP contribution < -0.4 is 10.2 Å². The van der Waals surface area contributed by atoms with Gasteiger partial charge in [0.2, 0.25) is 5.91 Å². The number of piperazine rings is 1. The highest BCUT2D eigenvalue weighted by molar-refractivity contribution is 6.32. The zero-order valence-electron chi connectivity index (χ0n) is 20.2. The monoisotopic (exact) mass is 530 g/mol. The minimum absolute atomic E-state index is 0.0379. The summed E-state index contributed by atoms with van der Waals surface area (Å²) in [5.41, 5.74) is 2.58. The molecule has 0 unspecified atom stereocenters. The molecule has 1 saturated heterocycles. The van der Waals surface area contributed by atoms with Crippen LogP contribution in [0.5, 0.6) is 0 Å². The molecule has 1 N–H and O–H groups in total. The number of anilines is 2. The molecular formula is C28H23ClN4O5. The number of fused-ring (bicyclic) bond motifs is 1. The molecule has 0 atom stereocenters. The minimum atomic E-state index is -0.570. The molecule has 38 heavy (non-hydrogen) atoms. The first-order chi connectivity index (χ1) is 18.4. The highest BCUT2D eigenvalue weighted by atomic mass is 35.5. The number of carbonyl (C=O) groups excluding carboxylic acids is 2. The molecule has 1 fully saturated rings. The van der Waals surface area contributed by atoms with Gasteiger partial charge >= 0.3 is 0 Å². The molecule has 2 heterocycles. The maximum atomic E-state index is 12.9. The second kappa shape index (κ2) is 10.8. The van der Waals surface area contributed by atoms with E-state index in [0.29, 0.717) is 48.8 Å². The average molecular weight is 531 g/mol. The van der Waals surface area contributed by atoms with Crippen molar-refractivity contribution in [1.82, 2.24) is 4.90 Å². The number of nitro groups is 1. The minimum Gasteiger partial charge on any atom is -0.451 e. The van der Waals surface area contributed by atoms with E-state index >= 15 is 0 Å². The van der Waals surface area contributed by atoms with Crippen molar-refractivity contribution < 1.29 is 18.9 Å². The zero-order valence-corrected chi connectivity index (χ0v) is 20.9. The van der Waals surface area contributed by atoms with Crippen molar-refractivity contribution in [3.63, 3.8) is 0 Å². The molecule has 1 aliphatic heterocycles. The maximum Gasteiger partial charge on any atom is 0.289 e. The number of rotatable bonds is 6. The van der Waals surface area contributed by atoms with Gasteiger partial charge in [0, 0.05) is 55.1 Å². The van der Waals surface area contributed by atoms with E-state index in [2.05, 4.69) is 10.2 Å². The fraction of sp³-hybridized carbons (Fsp3) is 0.143. The van der Waals surface area contributed by atoms with Crippen LogP contribution >= 0.6 is 11.6 Å². The van der Waals surface area contributed by atoms with E-state index in [1.807, 2.05) is 36.4 Å². The second-order valence-corrected chi connectivity index (χ2v) is 9.17. The van der Waals surface area contributed by atoms with E-state index in [-0.39, 0.29) is 22.5 Å². The van der Waals surface area contributed by atoms with Crippen LogP contribution in [0.2, 0.25) is 5.02 Å². The number of hydrogen-bond donors (Lipinski definition) is 1. The summed E-state index contributed by atoms with van der Waals surface area (Å²) in [6.45, 7) is 2.49. The molecule has 9 nitrogen and oxygen atoms in total. The summed E-state index contributed by atoms with van der Waals surface area (Å²) in [4.78, 5) is 39.6. The smallest absolute Gasteiger partial charge is 0.289 e. The molecule has 0 radical (unpaired) electrons. The Hall–Kier alpha value is -4.63. The number of nitro benzene ring substituents is 1. The molecule has 1 aromatic heterocycles. The third-order valence-corrected chi connectivity index (χ3v) is 6.62. The van der Waals surface area contributed by atoms with Crippen LogP contribution in [-0.2, 0) is 4.79 Å². The summed E-state index contributed by atoms with van der Waals surface area (Å²) in [6.07, 6.45) is 2.79. The number of nitrogens with zero attached hydrogens (tertiary/aromatic N) is 3. The van der Waals surface area contributed by atoms with Crippen molar-refractivity contribution in [1.29, 1.82) is 0 Å². The van der Waals surface area contributed by atoms with E-state index in [0.717, 1.165) is 11.1 Å². The van der Waals surface area contributed by atoms with Crippen molar-refractivity contribution in [3.05, 3.63) is 105 Å². The van der Waals surface area contributed by atoms with Gasteiger partial charge in [-0.3, -0.25) is 19.7 Å². The molecule has 192 valence electrons. The summed E-state index contributed by atoms with van der Waals surface area (Å²) in [5, 5.41) is 14.7. The summed E-state index contributed by atoms with van der Waals surface area (Å²) < 4.78 is 5.72. The first kappa shape index (κ1) is 25.0. The van der Waals surface area contributed by atoms with Gasteiger partial charge in [0.15, 0.2) is 5.76 Å². The van der Waals surface area contributed by atoms with E-state index < -0.39 is 4.92 Å². The Bertz CT molecular complexity index is 1510. The Morgan fingerprint density at radius 3 is 2.42 bits per heavy atom. The maximum absolute atomic E-state index is 12.9. The number of halogens is 1. The van der Waals surface area contributed by atoms with Crippen molar-refractivity contribution in [2.75, 3.05) is 36.4 Å². The SMILES string of the molecule is O=C(/C=C/c1ccc(Cl)c([N+](=O)[O-])c1)Nc1ccc(N2CCN(C(=O)c3cc4ccccc4o3)CC2)cc1. The van der Waals surface area contributed by atoms with Gasteiger partial charge in [-0.1, -0.05) is 35.9 Å². The molecule has 4 aromatic rings. The van der Waals surface area contributed by atoms with Gasteiger partial charge in [-0.25, -0.2) is 0 Å². The molecule has 0 aliphatic carbocycles. The molecule has 0 bridgehead atoms. The van der Waals surface area contributed by atoms with Crippen molar-refractivity contribution in [2.45, 2.75) is 0 Å². The van der Waals surface area contributed by atoms with Crippen LogP contribution in [-0.4, -0.2) is 47.8 Å². The van der Waals surface area contributed by atoms with Gasteiger partial charge in [-0.2, -0.15) is 0 Å². The van der Waals surface area contributed by atoms with Crippen LogP contribution in [0.1, 0.15) is 16.1 Å². The van der Waals surface area contributed by atoms with Gasteiger partial charge in [-0.05, 0) is 54.1 Å². The first-order valence-electron chi connectivity index (χ1n) is 11.9. The lowest BCUT2D eigenvalue weighted by Gasteiger charge is -2.35. The number of para-hydroxylation sites is 1. The predicted molar refractivity (Wildman–Crippen MR) is 147 cm³/mol. The Balaban J connectivity index is 1.14. The summed E-state index contributed by atoms with van der Waals surface area (Å²) in [6, 6.07) is 21.1. The zero-order chi connectivity index (χ0) is 26.6. The molecule has 10 heteroatoms. The molecule has 0 spiro atoms. The lowest BCUT2D eigenvalue weighted by atomic mass is 10.2. The van der Waals surface area contributed by atoms with Gasteiger partial charge in [-0.15, -0.1) is 0 Å². The van der Waals surface area contributed by atoms with Crippen molar-refractivity contribution in [3.8, 4) is 0 Å². The highest BCUT2D eigenvalue weighted by Gasteiger charge is 2.24. The molecular weight excluding hydrogens is 508 g/mol. The molecule has 3 aromatic carbocycles. The van der Waals surface area contributed by atoms with E-state index in [9.17, 15) is 19.7 Å². The fourth-order valence-electron chi connectivity index (χ4n) is 4.30. The third-order valence-electron chi connectivity index (χ3n) is 6.30. The van der Waals surface area contributed by atoms with Gasteiger partial charge < -0.3 is 19.5 Å². The Labute approximate surface area is 223 Å². The number of furan rings is 1. The Kier molecular flexibility index (Phi) is 7.10. The van der Waals surface area contributed by atoms with Crippen LogP contribution in [0.4, 0.5) is 17.1 Å². The van der Waals surface area contributed by atoms with Crippen LogP contribution in [0.15, 0.2) is 83.3 Å². The van der Waals surface area contributed by atoms with Crippen molar-refractivity contribution >= 4 is 57.5 Å². The Morgan fingerprint density at radius 2 is 1.71 bits per heavy atom. The lowest BCUT2D eigenvalue weighted by molar-refractivity contribution is -0.384. The van der Waals surface area contributed by atoms with E-state index in [1.165, 1.54) is 24.3 Å². The van der Waals surface area contributed by atoms with Gasteiger partial charge in [0.05, 0.1) is 4.92 Å². The normalized spacial score (nSPS) is 13.7. The van der Waals surface area contributed by atoms with Crippen LogP contribution in [0.25, 0.3) is 17.0 Å². The summed E-state index contributed by atoms with van der Waals surface area (Å²) >= 11 is 5.82. The van der Waals surface area contributed by atoms with Crippen molar-refractivity contribution in [2.24, 2.45) is 0 Å². The molecule has 1 aliphatic rings. The third kappa shape index (κ3) is 5.52. The predicted octanol–water partition coefficient (Wildman–Crippen LogP) is 5.61. The molecule has 2 amide bonds. The quantitative estimate of drug-likeness (QED) is 0.197. The highest BCUT2D eigenvalue weighted by Crippen LogP contribution is 2.26. The number of nitrogens with one attached hydrogen (secondary N) is 1. The number of hydrogen-bond acceptors (Lipinski definition) is 6. The standard InChI is InChI=1S/C28H23ClN4O5/c29-23-11-5-19(17-24(23)33(36)37)6-12-27(34)30-21-7-9-22(10-8-21)31-13-15-32(16-14-31)28(35)26-18-20-3-1-2-4-25(20)38-26/h1-12,17-18H,13-16H2,(H,30,34)/b12-6+. The first-order valence-corrected chi connectivity index (χ1v) is 12.3. The lowest BCUT2D eigenvalue weighted by Crippen LogP contribution is -2.48. The number of carbonyl (C=O) groups is 2. The summed E-state index contributed by atoms with van der Waals surface area (Å²) in [5.74, 6) is -0.128. The fourth-order valence-corrected chi connectivity index (χ4v) is 4.48. The number of amides is 2. The Morgan fingerprint density at radius 1 is 0.974 bits per heavy atom. The van der Waals surface area contributed by atoms with E-state index in [4.69, 9.17) is 16.0 Å². The molecule has 5 rings (SSSR count). The summed E-state index contributed by atoms with van der Waals surface area (Å²) in [7, 11) is 0. The number of benzene rings is 3. The molecule has 0 saturated carbocycles. The van der Waals surface area contributed by atoms with Crippen LogP contribution in [0, 0.1) is 10.1 Å². The van der Waals surface area contributed by atoms with Crippen LogP contribution in [0.3, 0.4) is 0 Å². The largest absolute Gasteiger partial charge is 0.451 e. The topological polar surface area (TPSA) is 109 Å². The average Bonchev–Trinajstić information content (AvgIpc) is 3.37. The van der Waals surface area contributed by atoms with E-state index in [1.54, 1.807) is 29.2 Å².